The predicted molar refractivity (Wildman–Crippen MR) is 96.4 cm³/mol. The number of aromatic nitrogens is 4. The van der Waals surface area contributed by atoms with Gasteiger partial charge >= 0.3 is 0 Å². The molecule has 7 nitrogen and oxygen atoms in total. The summed E-state index contributed by atoms with van der Waals surface area (Å²) in [7, 11) is 0. The lowest BCUT2D eigenvalue weighted by atomic mass is 10.2. The minimum absolute atomic E-state index is 0.0662. The van der Waals surface area contributed by atoms with Crippen LogP contribution in [-0.4, -0.2) is 25.7 Å². The first kappa shape index (κ1) is 16.3. The van der Waals surface area contributed by atoms with Crippen molar-refractivity contribution in [3.05, 3.63) is 54.6 Å². The van der Waals surface area contributed by atoms with Crippen LogP contribution in [0.15, 0.2) is 48.8 Å². The Morgan fingerprint density at radius 2 is 2.08 bits per heavy atom. The van der Waals surface area contributed by atoms with Gasteiger partial charge in [0.1, 0.15) is 11.6 Å². The Morgan fingerprint density at radius 1 is 1.27 bits per heavy atom. The Labute approximate surface area is 151 Å². The molecule has 0 aliphatic heterocycles. The zero-order valence-corrected chi connectivity index (χ0v) is 14.4. The number of hydrogen-bond donors (Lipinski definition) is 1. The van der Waals surface area contributed by atoms with Gasteiger partial charge in [-0.15, -0.1) is 0 Å². The zero-order valence-electron chi connectivity index (χ0n) is 14.4. The van der Waals surface area contributed by atoms with Crippen LogP contribution in [0.4, 0.5) is 5.69 Å². The number of nitrogens with one attached hydrogen (secondary N) is 1. The Bertz CT molecular complexity index is 902. The number of ether oxygens (including phenoxy) is 1. The molecule has 0 atom stereocenters. The van der Waals surface area contributed by atoms with Gasteiger partial charge in [0.25, 0.3) is 0 Å². The van der Waals surface area contributed by atoms with Gasteiger partial charge in [-0.25, -0.2) is 9.67 Å². The van der Waals surface area contributed by atoms with Crippen molar-refractivity contribution in [1.29, 1.82) is 0 Å². The van der Waals surface area contributed by atoms with E-state index in [1.807, 2.05) is 24.4 Å². The number of hydrogen-bond acceptors (Lipinski definition) is 5. The van der Waals surface area contributed by atoms with Crippen molar-refractivity contribution in [3.8, 4) is 17.4 Å². The van der Waals surface area contributed by atoms with Crippen LogP contribution in [0.25, 0.3) is 5.82 Å². The highest BCUT2D eigenvalue weighted by Gasteiger charge is 2.24. The largest absolute Gasteiger partial charge is 0.439 e. The van der Waals surface area contributed by atoms with E-state index in [0.717, 1.165) is 5.69 Å². The number of anilines is 1. The van der Waals surface area contributed by atoms with Gasteiger partial charge in [-0.05, 0) is 56.0 Å². The molecule has 0 radical (unpaired) electrons. The molecule has 0 saturated heterocycles. The maximum atomic E-state index is 11.9. The summed E-state index contributed by atoms with van der Waals surface area (Å²) >= 11 is 0. The molecule has 26 heavy (non-hydrogen) atoms. The molecule has 132 valence electrons. The van der Waals surface area contributed by atoms with Gasteiger partial charge in [0.15, 0.2) is 5.82 Å². The molecular formula is C19H19N5O2. The Hall–Kier alpha value is -3.22. The smallest absolute Gasteiger partial charge is 0.224 e. The van der Waals surface area contributed by atoms with Gasteiger partial charge in [-0.3, -0.25) is 4.79 Å². The van der Waals surface area contributed by atoms with Crippen LogP contribution in [0.2, 0.25) is 0 Å². The minimum Gasteiger partial charge on any atom is -0.439 e. The number of amides is 1. The first-order valence-electron chi connectivity index (χ1n) is 8.59. The first-order chi connectivity index (χ1) is 12.7. The summed E-state index contributed by atoms with van der Waals surface area (Å²) in [5.74, 6) is 2.95. The molecule has 2 heterocycles. The topological polar surface area (TPSA) is 81.9 Å². The molecule has 1 saturated carbocycles. The van der Waals surface area contributed by atoms with Crippen LogP contribution < -0.4 is 10.1 Å². The van der Waals surface area contributed by atoms with Crippen molar-refractivity contribution in [2.45, 2.75) is 26.2 Å². The number of carbonyl (C=O) groups is 1. The molecule has 2 aromatic heterocycles. The van der Waals surface area contributed by atoms with Gasteiger partial charge < -0.3 is 10.1 Å². The maximum Gasteiger partial charge on any atom is 0.224 e. The quantitative estimate of drug-likeness (QED) is 0.736. The minimum atomic E-state index is 0.0662. The molecule has 0 spiro atoms. The van der Waals surface area contributed by atoms with E-state index in [9.17, 15) is 4.79 Å². The predicted octanol–water partition coefficient (Wildman–Crippen LogP) is 3.50. The van der Waals surface area contributed by atoms with Gasteiger partial charge in [-0.2, -0.15) is 10.1 Å². The lowest BCUT2D eigenvalue weighted by molar-refractivity contribution is -0.116. The van der Waals surface area contributed by atoms with Crippen LogP contribution >= 0.6 is 0 Å². The van der Waals surface area contributed by atoms with Crippen molar-refractivity contribution in [2.24, 2.45) is 5.92 Å². The highest BCUT2D eigenvalue weighted by atomic mass is 16.5. The van der Waals surface area contributed by atoms with Crippen molar-refractivity contribution in [3.63, 3.8) is 0 Å². The second-order valence-corrected chi connectivity index (χ2v) is 6.38. The van der Waals surface area contributed by atoms with Crippen LogP contribution in [0.3, 0.4) is 0 Å². The van der Waals surface area contributed by atoms with Crippen molar-refractivity contribution >= 4 is 11.6 Å². The number of carbonyl (C=O) groups excluding carboxylic acids is 1. The number of aryl methyl sites for hydroxylation is 1. The van der Waals surface area contributed by atoms with Crippen LogP contribution in [-0.2, 0) is 4.79 Å². The third kappa shape index (κ3) is 4.05. The fourth-order valence-electron chi connectivity index (χ4n) is 2.62. The molecule has 1 N–H and O–H groups in total. The molecule has 3 aromatic rings. The summed E-state index contributed by atoms with van der Waals surface area (Å²) in [6.45, 7) is 1.80. The van der Waals surface area contributed by atoms with Gasteiger partial charge in [-0.1, -0.05) is 0 Å². The fourth-order valence-corrected chi connectivity index (χ4v) is 2.62. The van der Waals surface area contributed by atoms with Crippen LogP contribution in [0, 0.1) is 12.8 Å². The first-order valence-corrected chi connectivity index (χ1v) is 8.59. The summed E-state index contributed by atoms with van der Waals surface area (Å²) in [4.78, 5) is 20.5. The molecule has 1 fully saturated rings. The third-order valence-corrected chi connectivity index (χ3v) is 4.07. The van der Waals surface area contributed by atoms with E-state index in [-0.39, 0.29) is 5.91 Å². The average Bonchev–Trinajstić information content (AvgIpc) is 3.24. The van der Waals surface area contributed by atoms with E-state index >= 15 is 0 Å². The molecule has 1 amide bonds. The highest BCUT2D eigenvalue weighted by Crippen LogP contribution is 2.32. The van der Waals surface area contributed by atoms with E-state index in [0.29, 0.717) is 35.6 Å². The SMILES string of the molecule is Cc1nc(Oc2ccc(NC(=O)CC3CC3)cc2)cc(-n2cccn2)n1. The Balaban J connectivity index is 1.44. The summed E-state index contributed by atoms with van der Waals surface area (Å²) < 4.78 is 7.48. The van der Waals surface area contributed by atoms with Gasteiger partial charge in [0, 0.05) is 30.6 Å². The second kappa shape index (κ2) is 6.95. The van der Waals surface area contributed by atoms with Gasteiger partial charge in [0.05, 0.1) is 0 Å². The molecule has 1 aliphatic carbocycles. The van der Waals surface area contributed by atoms with E-state index in [1.165, 1.54) is 12.8 Å². The number of nitrogens with zero attached hydrogens (tertiary/aromatic N) is 4. The Morgan fingerprint density at radius 3 is 2.77 bits per heavy atom. The van der Waals surface area contributed by atoms with Crippen LogP contribution in [0.5, 0.6) is 11.6 Å². The van der Waals surface area contributed by atoms with Crippen molar-refractivity contribution in [1.82, 2.24) is 19.7 Å². The fraction of sp³-hybridized carbons (Fsp3) is 0.263. The van der Waals surface area contributed by atoms with E-state index < -0.39 is 0 Å². The van der Waals surface area contributed by atoms with Crippen molar-refractivity contribution in [2.75, 3.05) is 5.32 Å². The zero-order chi connectivity index (χ0) is 17.9. The molecule has 4 rings (SSSR count). The lowest BCUT2D eigenvalue weighted by Gasteiger charge is -2.09. The molecule has 0 unspecified atom stereocenters. The maximum absolute atomic E-state index is 11.9. The lowest BCUT2D eigenvalue weighted by Crippen LogP contribution is -2.11. The van der Waals surface area contributed by atoms with E-state index in [4.69, 9.17) is 4.74 Å². The van der Waals surface area contributed by atoms with Crippen LogP contribution in [0.1, 0.15) is 25.1 Å². The van der Waals surface area contributed by atoms with Gasteiger partial charge in [0.2, 0.25) is 11.8 Å². The summed E-state index contributed by atoms with van der Waals surface area (Å²) in [5.41, 5.74) is 0.763. The standard InChI is InChI=1S/C19H19N5O2/c1-13-21-17(24-10-2-9-20-24)12-19(22-13)26-16-7-5-15(6-8-16)23-18(25)11-14-3-4-14/h2,5-10,12,14H,3-4,11H2,1H3,(H,23,25). The highest BCUT2D eigenvalue weighted by molar-refractivity contribution is 5.91. The number of benzene rings is 1. The average molecular weight is 349 g/mol. The normalized spacial score (nSPS) is 13.4. The summed E-state index contributed by atoms with van der Waals surface area (Å²) in [6.07, 6.45) is 6.44. The summed E-state index contributed by atoms with van der Waals surface area (Å²) in [5, 5.41) is 7.08. The Kier molecular flexibility index (Phi) is 4.35. The molecule has 1 aliphatic rings. The van der Waals surface area contributed by atoms with E-state index in [1.54, 1.807) is 36.0 Å². The second-order valence-electron chi connectivity index (χ2n) is 6.38. The molecular weight excluding hydrogens is 330 g/mol. The monoisotopic (exact) mass is 349 g/mol. The molecule has 1 aromatic carbocycles. The van der Waals surface area contributed by atoms with Crippen molar-refractivity contribution < 1.29 is 9.53 Å². The van der Waals surface area contributed by atoms with E-state index in [2.05, 4.69) is 20.4 Å². The molecule has 0 bridgehead atoms. The molecule has 7 heteroatoms. The number of rotatable bonds is 6. The summed E-state index contributed by atoms with van der Waals surface area (Å²) in [6, 6.07) is 10.8. The third-order valence-electron chi connectivity index (χ3n) is 4.07.